The van der Waals surface area contributed by atoms with Gasteiger partial charge < -0.3 is 5.73 Å². The summed E-state index contributed by atoms with van der Waals surface area (Å²) in [4.78, 5) is 0.337. The molecule has 0 bridgehead atoms. The van der Waals surface area contributed by atoms with Crippen LogP contribution in [0.5, 0.6) is 0 Å². The summed E-state index contributed by atoms with van der Waals surface area (Å²) in [6.07, 6.45) is -4.59. The van der Waals surface area contributed by atoms with E-state index in [1.807, 2.05) is 0 Å². The highest BCUT2D eigenvalue weighted by molar-refractivity contribution is 7.91. The highest BCUT2D eigenvalue weighted by Gasteiger charge is 2.35. The predicted octanol–water partition coefficient (Wildman–Crippen LogP) is 1.57. The van der Waals surface area contributed by atoms with Gasteiger partial charge in [0.15, 0.2) is 0 Å². The summed E-state index contributed by atoms with van der Waals surface area (Å²) in [5.74, 6) is 0. The maximum atomic E-state index is 12.1. The summed E-state index contributed by atoms with van der Waals surface area (Å²) in [6.45, 7) is -1.55. The van der Waals surface area contributed by atoms with E-state index < -0.39 is 22.7 Å². The van der Waals surface area contributed by atoms with Crippen molar-refractivity contribution >= 4 is 38.6 Å². The Morgan fingerprint density at radius 3 is 2.44 bits per heavy atom. The third-order valence-corrected chi connectivity index (χ3v) is 5.63. The predicted molar refractivity (Wildman–Crippen MR) is 66.1 cm³/mol. The van der Waals surface area contributed by atoms with Crippen LogP contribution in [0.1, 0.15) is 4.88 Å². The maximum Gasteiger partial charge on any atom is 0.402 e. The van der Waals surface area contributed by atoms with Crippen molar-refractivity contribution in [2.45, 2.75) is 10.4 Å². The van der Waals surface area contributed by atoms with E-state index in [1.54, 1.807) is 0 Å². The first-order chi connectivity index (χ1) is 8.04. The third kappa shape index (κ3) is 3.64. The molecule has 0 spiro atoms. The van der Waals surface area contributed by atoms with Gasteiger partial charge in [-0.2, -0.15) is 17.5 Å². The summed E-state index contributed by atoms with van der Waals surface area (Å²) in [6, 6.07) is 2.54. The molecule has 0 saturated carbocycles. The van der Waals surface area contributed by atoms with Crippen molar-refractivity contribution in [3.63, 3.8) is 0 Å². The summed E-state index contributed by atoms with van der Waals surface area (Å²) in [5.41, 5.74) is 5.30. The molecule has 0 atom stereocenters. The minimum atomic E-state index is -4.59. The molecule has 10 heteroatoms. The largest absolute Gasteiger partial charge is 0.402 e. The zero-order valence-corrected chi connectivity index (χ0v) is 11.5. The van der Waals surface area contributed by atoms with Gasteiger partial charge in [-0.1, -0.05) is 12.2 Å². The van der Waals surface area contributed by atoms with Crippen molar-refractivity contribution in [3.8, 4) is 0 Å². The molecule has 0 unspecified atom stereocenters. The summed E-state index contributed by atoms with van der Waals surface area (Å²) in [5, 5.41) is 0. The molecule has 0 saturated heterocycles. The van der Waals surface area contributed by atoms with Gasteiger partial charge in [0.1, 0.15) is 15.7 Å². The number of alkyl halides is 3. The third-order valence-electron chi connectivity index (χ3n) is 1.89. The first-order valence-corrected chi connectivity index (χ1v) is 7.13. The highest BCUT2D eigenvalue weighted by atomic mass is 32.2. The number of hydrogen-bond acceptors (Lipinski definition) is 4. The molecule has 18 heavy (non-hydrogen) atoms. The Morgan fingerprint density at radius 1 is 1.50 bits per heavy atom. The molecule has 102 valence electrons. The number of halogens is 3. The zero-order valence-electron chi connectivity index (χ0n) is 9.06. The van der Waals surface area contributed by atoms with Gasteiger partial charge in [-0.3, -0.25) is 0 Å². The monoisotopic (exact) mass is 318 g/mol. The molecule has 4 nitrogen and oxygen atoms in total. The van der Waals surface area contributed by atoms with Crippen LogP contribution in [0.3, 0.4) is 0 Å². The lowest BCUT2D eigenvalue weighted by Crippen LogP contribution is -2.35. The van der Waals surface area contributed by atoms with E-state index in [-0.39, 0.29) is 13.5 Å². The molecule has 1 rings (SSSR count). The Kier molecular flexibility index (Phi) is 4.36. The molecule has 1 aromatic rings. The van der Waals surface area contributed by atoms with Crippen LogP contribution in [-0.2, 0) is 10.0 Å². The van der Waals surface area contributed by atoms with Crippen LogP contribution in [0.15, 0.2) is 16.3 Å². The van der Waals surface area contributed by atoms with Crippen molar-refractivity contribution in [2.75, 3.05) is 13.6 Å². The topological polar surface area (TPSA) is 63.4 Å². The molecule has 2 N–H and O–H groups in total. The summed E-state index contributed by atoms with van der Waals surface area (Å²) < 4.78 is 60.0. The van der Waals surface area contributed by atoms with Crippen LogP contribution in [0.4, 0.5) is 13.2 Å². The van der Waals surface area contributed by atoms with Gasteiger partial charge >= 0.3 is 6.18 Å². The average Bonchev–Trinajstić information content (AvgIpc) is 2.63. The summed E-state index contributed by atoms with van der Waals surface area (Å²) in [7, 11) is -3.30. The molecule has 0 aliphatic heterocycles. The molecule has 1 heterocycles. The smallest absolute Gasteiger partial charge is 0.389 e. The molecule has 1 aromatic heterocycles. The Bertz CT molecular complexity index is 550. The normalized spacial score (nSPS) is 12.9. The molecule has 0 aliphatic rings. The molecule has 0 amide bonds. The molecule has 0 aromatic carbocycles. The second-order valence-electron chi connectivity index (χ2n) is 3.36. The second kappa shape index (κ2) is 5.11. The van der Waals surface area contributed by atoms with Crippen LogP contribution in [-0.4, -0.2) is 37.5 Å². The fourth-order valence-electron chi connectivity index (χ4n) is 1.08. The van der Waals surface area contributed by atoms with Crippen LogP contribution in [0.2, 0.25) is 0 Å². The number of thiocarbonyl (C=S) groups is 1. The van der Waals surface area contributed by atoms with Crippen LogP contribution < -0.4 is 5.73 Å². The number of thiophene rings is 1. The number of sulfonamides is 1. The second-order valence-corrected chi connectivity index (χ2v) is 7.15. The van der Waals surface area contributed by atoms with Gasteiger partial charge in [-0.15, -0.1) is 11.3 Å². The van der Waals surface area contributed by atoms with Crippen molar-refractivity contribution in [2.24, 2.45) is 5.73 Å². The fraction of sp³-hybridized carbons (Fsp3) is 0.375. The van der Waals surface area contributed by atoms with Gasteiger partial charge in [-0.05, 0) is 12.1 Å². The van der Waals surface area contributed by atoms with Crippen molar-refractivity contribution in [3.05, 3.63) is 17.0 Å². The molecule has 0 aliphatic carbocycles. The molecular formula is C8H9F3N2O2S3. The number of nitrogens with zero attached hydrogens (tertiary/aromatic N) is 1. The van der Waals surface area contributed by atoms with E-state index in [4.69, 9.17) is 5.73 Å². The first kappa shape index (κ1) is 15.3. The van der Waals surface area contributed by atoms with Crippen molar-refractivity contribution < 1.29 is 21.6 Å². The van der Waals surface area contributed by atoms with Gasteiger partial charge in [0.2, 0.25) is 0 Å². The Morgan fingerprint density at radius 2 is 2.06 bits per heavy atom. The lowest BCUT2D eigenvalue weighted by Gasteiger charge is -2.17. The fourth-order valence-corrected chi connectivity index (χ4v) is 3.80. The molecular weight excluding hydrogens is 309 g/mol. The number of nitrogens with two attached hydrogens (primary N) is 1. The quantitative estimate of drug-likeness (QED) is 0.856. The zero-order chi connectivity index (χ0) is 14.1. The number of rotatable bonds is 4. The van der Waals surface area contributed by atoms with Crippen molar-refractivity contribution in [1.29, 1.82) is 0 Å². The lowest BCUT2D eigenvalue weighted by atomic mass is 10.5. The lowest BCUT2D eigenvalue weighted by molar-refractivity contribution is -0.134. The van der Waals surface area contributed by atoms with Gasteiger partial charge in [-0.25, -0.2) is 8.42 Å². The van der Waals surface area contributed by atoms with Gasteiger partial charge in [0.25, 0.3) is 10.0 Å². The van der Waals surface area contributed by atoms with Gasteiger partial charge in [0, 0.05) is 7.05 Å². The number of hydrogen-bond donors (Lipinski definition) is 1. The van der Waals surface area contributed by atoms with E-state index in [2.05, 4.69) is 12.2 Å². The summed E-state index contributed by atoms with van der Waals surface area (Å²) >= 11 is 5.39. The first-order valence-electron chi connectivity index (χ1n) is 4.47. The van der Waals surface area contributed by atoms with E-state index in [0.29, 0.717) is 4.88 Å². The van der Waals surface area contributed by atoms with Gasteiger partial charge in [0.05, 0.1) is 4.88 Å². The minimum Gasteiger partial charge on any atom is -0.389 e. The van der Waals surface area contributed by atoms with Crippen LogP contribution >= 0.6 is 23.6 Å². The standard InChI is InChI=1S/C8H9F3N2O2S3/c1-13(4-8(9,10)11)18(14,15)6-3-2-5(17-6)7(12)16/h2-3H,4H2,1H3,(H2,12,16). The Hall–Kier alpha value is -0.710. The van der Waals surface area contributed by atoms with E-state index in [0.717, 1.165) is 18.4 Å². The van der Waals surface area contributed by atoms with Crippen LogP contribution in [0.25, 0.3) is 0 Å². The maximum absolute atomic E-state index is 12.1. The van der Waals surface area contributed by atoms with Crippen molar-refractivity contribution in [1.82, 2.24) is 4.31 Å². The van der Waals surface area contributed by atoms with Crippen LogP contribution in [0, 0.1) is 0 Å². The minimum absolute atomic E-state index is 0.0000700. The Balaban J connectivity index is 3.02. The van der Waals surface area contributed by atoms with E-state index in [1.165, 1.54) is 12.1 Å². The SMILES string of the molecule is CN(CC(F)(F)F)S(=O)(=O)c1ccc(C(N)=S)s1. The highest BCUT2D eigenvalue weighted by Crippen LogP contribution is 2.26. The van der Waals surface area contributed by atoms with E-state index in [9.17, 15) is 21.6 Å². The van der Waals surface area contributed by atoms with E-state index >= 15 is 0 Å². The molecule has 0 radical (unpaired) electrons. The Labute approximate surface area is 111 Å². The molecule has 0 fully saturated rings. The average molecular weight is 318 g/mol.